The fourth-order valence-electron chi connectivity index (χ4n) is 3.85. The molecule has 4 rings (SSSR count). The smallest absolute Gasteiger partial charge is 0.254 e. The molecule has 140 valence electrons. The Balaban J connectivity index is 1.46. The van der Waals surface area contributed by atoms with E-state index in [1.165, 1.54) is 6.42 Å². The summed E-state index contributed by atoms with van der Waals surface area (Å²) in [6.45, 7) is 3.77. The Hall–Kier alpha value is -2.89. The van der Waals surface area contributed by atoms with Crippen molar-refractivity contribution in [2.45, 2.75) is 45.2 Å². The van der Waals surface area contributed by atoms with E-state index in [4.69, 9.17) is 0 Å². The first-order valence-electron chi connectivity index (χ1n) is 9.59. The van der Waals surface area contributed by atoms with Crippen LogP contribution in [0, 0.1) is 6.92 Å². The van der Waals surface area contributed by atoms with E-state index in [1.807, 2.05) is 54.3 Å². The third kappa shape index (κ3) is 3.79. The minimum Gasteiger partial charge on any atom is -0.336 e. The maximum Gasteiger partial charge on any atom is 0.254 e. The third-order valence-corrected chi connectivity index (χ3v) is 5.43. The Morgan fingerprint density at radius 2 is 2.00 bits per heavy atom. The average molecular weight is 363 g/mol. The van der Waals surface area contributed by atoms with Crippen molar-refractivity contribution in [3.05, 3.63) is 66.8 Å². The predicted molar refractivity (Wildman–Crippen MR) is 104 cm³/mol. The van der Waals surface area contributed by atoms with Gasteiger partial charge in [-0.2, -0.15) is 0 Å². The van der Waals surface area contributed by atoms with Crippen LogP contribution in [0.25, 0.3) is 5.69 Å². The number of carbonyl (C=O) groups excluding carboxylic acids is 1. The fraction of sp³-hybridized carbons (Fsp3) is 0.381. The Labute approximate surface area is 159 Å². The number of carbonyl (C=O) groups is 1. The van der Waals surface area contributed by atoms with Crippen molar-refractivity contribution in [2.75, 3.05) is 6.54 Å². The van der Waals surface area contributed by atoms with Gasteiger partial charge in [0.2, 0.25) is 0 Å². The zero-order valence-corrected chi connectivity index (χ0v) is 15.7. The average Bonchev–Trinajstić information content (AvgIpc) is 3.38. The van der Waals surface area contributed by atoms with E-state index in [-0.39, 0.29) is 5.91 Å². The van der Waals surface area contributed by atoms with E-state index in [2.05, 4.69) is 19.4 Å². The molecule has 0 bridgehead atoms. The molecule has 1 atom stereocenters. The molecule has 6 nitrogen and oxygen atoms in total. The molecule has 0 unspecified atom stereocenters. The SMILES string of the molecule is Cc1nccn1CC[C@@H]1CCCCN1C(=O)c1ccc(-n2ccnc2)cc1. The van der Waals surface area contributed by atoms with Crippen molar-refractivity contribution in [3.8, 4) is 5.69 Å². The van der Waals surface area contributed by atoms with Gasteiger partial charge < -0.3 is 14.0 Å². The van der Waals surface area contributed by atoms with E-state index in [0.29, 0.717) is 6.04 Å². The largest absolute Gasteiger partial charge is 0.336 e. The standard InChI is InChI=1S/C21H25N5O/c1-17-23-11-15-24(17)13-9-20-4-2-3-12-26(20)21(27)18-5-7-19(8-6-18)25-14-10-22-16-25/h5-8,10-11,14-16,20H,2-4,9,12-13H2,1H3/t20-/m0/s1. The lowest BCUT2D eigenvalue weighted by Gasteiger charge is -2.36. The molecule has 1 aliphatic rings. The minimum atomic E-state index is 0.138. The van der Waals surface area contributed by atoms with Crippen LogP contribution in [0.1, 0.15) is 41.9 Å². The normalized spacial score (nSPS) is 17.2. The van der Waals surface area contributed by atoms with Gasteiger partial charge >= 0.3 is 0 Å². The lowest BCUT2D eigenvalue weighted by atomic mass is 9.98. The molecule has 27 heavy (non-hydrogen) atoms. The molecule has 0 spiro atoms. The molecule has 2 aromatic heterocycles. The molecule has 3 aromatic rings. The van der Waals surface area contributed by atoms with E-state index in [1.54, 1.807) is 12.5 Å². The van der Waals surface area contributed by atoms with Crippen molar-refractivity contribution < 1.29 is 4.79 Å². The zero-order valence-electron chi connectivity index (χ0n) is 15.7. The quantitative estimate of drug-likeness (QED) is 0.697. The van der Waals surface area contributed by atoms with Crippen LogP contribution < -0.4 is 0 Å². The summed E-state index contributed by atoms with van der Waals surface area (Å²) in [5.74, 6) is 1.16. The van der Waals surface area contributed by atoms with Gasteiger partial charge in [-0.05, 0) is 56.9 Å². The van der Waals surface area contributed by atoms with Gasteiger partial charge in [0, 0.05) is 55.2 Å². The lowest BCUT2D eigenvalue weighted by molar-refractivity contribution is 0.0595. The van der Waals surface area contributed by atoms with Crippen molar-refractivity contribution in [2.24, 2.45) is 0 Å². The van der Waals surface area contributed by atoms with Gasteiger partial charge in [-0.25, -0.2) is 9.97 Å². The number of hydrogen-bond donors (Lipinski definition) is 0. The number of likely N-dealkylation sites (tertiary alicyclic amines) is 1. The second-order valence-corrected chi connectivity index (χ2v) is 7.12. The second-order valence-electron chi connectivity index (χ2n) is 7.12. The van der Waals surface area contributed by atoms with Crippen LogP contribution in [0.15, 0.2) is 55.4 Å². The highest BCUT2D eigenvalue weighted by molar-refractivity contribution is 5.94. The number of nitrogens with zero attached hydrogens (tertiary/aromatic N) is 5. The molecule has 0 aliphatic carbocycles. The molecular formula is C21H25N5O. The molecule has 1 aromatic carbocycles. The van der Waals surface area contributed by atoms with E-state index < -0.39 is 0 Å². The number of amides is 1. The Kier molecular flexibility index (Phi) is 5.05. The lowest BCUT2D eigenvalue weighted by Crippen LogP contribution is -2.44. The molecule has 1 amide bonds. The molecule has 6 heteroatoms. The Bertz CT molecular complexity index is 882. The van der Waals surface area contributed by atoms with Crippen LogP contribution in [0.5, 0.6) is 0 Å². The van der Waals surface area contributed by atoms with Gasteiger partial charge in [0.1, 0.15) is 5.82 Å². The van der Waals surface area contributed by atoms with Gasteiger partial charge in [-0.1, -0.05) is 0 Å². The summed E-state index contributed by atoms with van der Waals surface area (Å²) in [5, 5.41) is 0. The van der Waals surface area contributed by atoms with Crippen LogP contribution in [-0.4, -0.2) is 42.5 Å². The molecule has 0 saturated carbocycles. The van der Waals surface area contributed by atoms with Crippen molar-refractivity contribution in [1.29, 1.82) is 0 Å². The first-order chi connectivity index (χ1) is 13.2. The van der Waals surface area contributed by atoms with Crippen molar-refractivity contribution in [3.63, 3.8) is 0 Å². The third-order valence-electron chi connectivity index (χ3n) is 5.43. The van der Waals surface area contributed by atoms with Gasteiger partial charge in [-0.15, -0.1) is 0 Å². The molecule has 1 fully saturated rings. The molecule has 3 heterocycles. The highest BCUT2D eigenvalue weighted by Crippen LogP contribution is 2.23. The topological polar surface area (TPSA) is 56.0 Å². The number of hydrogen-bond acceptors (Lipinski definition) is 3. The predicted octanol–water partition coefficient (Wildman–Crippen LogP) is 3.46. The summed E-state index contributed by atoms with van der Waals surface area (Å²) in [6.07, 6.45) is 13.6. The molecular weight excluding hydrogens is 338 g/mol. The summed E-state index contributed by atoms with van der Waals surface area (Å²) in [5.41, 5.74) is 1.76. The van der Waals surface area contributed by atoms with Gasteiger partial charge in [0.15, 0.2) is 0 Å². The number of aryl methyl sites for hydroxylation is 2. The summed E-state index contributed by atoms with van der Waals surface area (Å²) in [7, 11) is 0. The first kappa shape index (κ1) is 17.5. The molecule has 0 N–H and O–H groups in total. The fourth-order valence-corrected chi connectivity index (χ4v) is 3.85. The maximum atomic E-state index is 13.1. The Morgan fingerprint density at radius 1 is 1.15 bits per heavy atom. The summed E-state index contributed by atoms with van der Waals surface area (Å²) < 4.78 is 4.10. The Morgan fingerprint density at radius 3 is 2.70 bits per heavy atom. The molecule has 1 saturated heterocycles. The number of rotatable bonds is 5. The highest BCUT2D eigenvalue weighted by Gasteiger charge is 2.27. The second kappa shape index (κ2) is 7.78. The summed E-state index contributed by atoms with van der Waals surface area (Å²) in [4.78, 5) is 23.6. The van der Waals surface area contributed by atoms with Crippen LogP contribution in [-0.2, 0) is 6.54 Å². The van der Waals surface area contributed by atoms with E-state index >= 15 is 0 Å². The van der Waals surface area contributed by atoms with Crippen LogP contribution in [0.4, 0.5) is 0 Å². The number of aromatic nitrogens is 4. The van der Waals surface area contributed by atoms with Crippen molar-refractivity contribution in [1.82, 2.24) is 24.0 Å². The number of imidazole rings is 2. The monoisotopic (exact) mass is 363 g/mol. The molecule has 0 radical (unpaired) electrons. The maximum absolute atomic E-state index is 13.1. The van der Waals surface area contributed by atoms with Gasteiger partial charge in [-0.3, -0.25) is 4.79 Å². The minimum absolute atomic E-state index is 0.138. The van der Waals surface area contributed by atoms with Crippen molar-refractivity contribution >= 4 is 5.91 Å². The number of benzene rings is 1. The first-order valence-corrected chi connectivity index (χ1v) is 9.59. The van der Waals surface area contributed by atoms with Crippen LogP contribution >= 0.6 is 0 Å². The van der Waals surface area contributed by atoms with E-state index in [0.717, 1.165) is 49.4 Å². The zero-order chi connectivity index (χ0) is 18.6. The van der Waals surface area contributed by atoms with Crippen LogP contribution in [0.2, 0.25) is 0 Å². The van der Waals surface area contributed by atoms with E-state index in [9.17, 15) is 4.79 Å². The van der Waals surface area contributed by atoms with Crippen LogP contribution in [0.3, 0.4) is 0 Å². The summed E-state index contributed by atoms with van der Waals surface area (Å²) >= 11 is 0. The highest BCUT2D eigenvalue weighted by atomic mass is 16.2. The van der Waals surface area contributed by atoms with Gasteiger partial charge in [0.05, 0.1) is 6.33 Å². The van der Waals surface area contributed by atoms with Gasteiger partial charge in [0.25, 0.3) is 5.91 Å². The number of piperidine rings is 1. The molecule has 1 aliphatic heterocycles. The summed E-state index contributed by atoms with van der Waals surface area (Å²) in [6, 6.07) is 8.08.